The lowest BCUT2D eigenvalue weighted by molar-refractivity contribution is -0.119. The number of imidazole rings is 1. The van der Waals surface area contributed by atoms with Crippen LogP contribution in [0.5, 0.6) is 0 Å². The predicted octanol–water partition coefficient (Wildman–Crippen LogP) is 0.864. The normalized spacial score (nSPS) is 21.9. The van der Waals surface area contributed by atoms with Gasteiger partial charge < -0.3 is 20.7 Å². The lowest BCUT2D eigenvalue weighted by atomic mass is 10.1. The van der Waals surface area contributed by atoms with Crippen LogP contribution in [0.15, 0.2) is 36.7 Å². The first-order chi connectivity index (χ1) is 16.5. The summed E-state index contributed by atoms with van der Waals surface area (Å²) in [5, 5.41) is 21.1. The summed E-state index contributed by atoms with van der Waals surface area (Å²) in [6, 6.07) is 9.41. The van der Waals surface area contributed by atoms with Gasteiger partial charge in [0.15, 0.2) is 23.2 Å². The number of nitrogens with one attached hydrogen (secondary N) is 1. The second-order valence-corrected chi connectivity index (χ2v) is 7.84. The van der Waals surface area contributed by atoms with Crippen molar-refractivity contribution < 1.29 is 24.6 Å². The maximum Gasteiger partial charge on any atom is 0.217 e. The van der Waals surface area contributed by atoms with Crippen molar-refractivity contribution in [2.45, 2.75) is 50.7 Å². The number of ether oxygens (including phenoxy) is 1. The van der Waals surface area contributed by atoms with Crippen molar-refractivity contribution in [3.05, 3.63) is 48.0 Å². The fourth-order valence-corrected chi connectivity index (χ4v) is 3.58. The molecule has 1 saturated heterocycles. The van der Waals surface area contributed by atoms with Gasteiger partial charge in [0.25, 0.3) is 0 Å². The zero-order valence-electron chi connectivity index (χ0n) is 18.6. The summed E-state index contributed by atoms with van der Waals surface area (Å²) in [4.78, 5) is 29.9. The van der Waals surface area contributed by atoms with Crippen LogP contribution in [-0.2, 0) is 14.4 Å². The van der Waals surface area contributed by atoms with Gasteiger partial charge in [-0.1, -0.05) is 31.0 Å². The summed E-state index contributed by atoms with van der Waals surface area (Å²) in [7, 11) is 0. The number of amides is 1. The Bertz CT molecular complexity index is 1210. The molecular formula is C23H26N6O5. The number of benzene rings is 1. The van der Waals surface area contributed by atoms with Gasteiger partial charge in [-0.25, -0.2) is 15.4 Å². The molecule has 3 heterocycles. The Morgan fingerprint density at radius 2 is 2.03 bits per heavy atom. The quantitative estimate of drug-likeness (QED) is 0.215. The maximum absolute atomic E-state index is 11.1. The number of nitrogens with zero attached hydrogens (tertiary/aromatic N) is 4. The molecule has 0 saturated carbocycles. The van der Waals surface area contributed by atoms with Crippen molar-refractivity contribution in [2.24, 2.45) is 5.73 Å². The first-order valence-corrected chi connectivity index (χ1v) is 11.0. The largest absolute Gasteiger partial charge is 0.388 e. The van der Waals surface area contributed by atoms with E-state index in [9.17, 15) is 15.0 Å². The Balaban J connectivity index is 1.70. The topological polar surface area (TPSA) is 158 Å². The first kappa shape index (κ1) is 23.6. The first-order valence-electron chi connectivity index (χ1n) is 11.0. The van der Waals surface area contributed by atoms with Crippen molar-refractivity contribution in [3.63, 3.8) is 0 Å². The van der Waals surface area contributed by atoms with Crippen LogP contribution in [0.4, 0.5) is 5.82 Å². The minimum atomic E-state index is -1.27. The molecule has 1 fully saturated rings. The van der Waals surface area contributed by atoms with E-state index in [0.29, 0.717) is 23.6 Å². The molecule has 5 N–H and O–H groups in total. The average Bonchev–Trinajstić information content (AvgIpc) is 3.38. The summed E-state index contributed by atoms with van der Waals surface area (Å²) in [6.45, 7) is 2.43. The molecule has 1 aromatic carbocycles. The molecule has 178 valence electrons. The molecule has 2 aromatic heterocycles. The van der Waals surface area contributed by atoms with Crippen LogP contribution in [0.25, 0.3) is 11.2 Å². The number of nitrogens with two attached hydrogens (primary N) is 1. The maximum atomic E-state index is 11.1. The summed E-state index contributed by atoms with van der Waals surface area (Å²) in [5.41, 5.74) is 9.51. The smallest absolute Gasteiger partial charge is 0.217 e. The third kappa shape index (κ3) is 5.16. The number of aromatic nitrogens is 4. The van der Waals surface area contributed by atoms with E-state index in [1.165, 1.54) is 10.9 Å². The highest BCUT2D eigenvalue weighted by Gasteiger charge is 2.44. The van der Waals surface area contributed by atoms with Crippen LogP contribution >= 0.6 is 0 Å². The SMILES string of the molecule is CCCONc1nc(C#Cc2ccccc2)nc2c1ncn2[C@@H]1O[C@@H](CCC(N)=O)[C@H](O)[C@H]1O. The highest BCUT2D eigenvalue weighted by molar-refractivity contribution is 5.83. The van der Waals surface area contributed by atoms with Gasteiger partial charge >= 0.3 is 0 Å². The molecule has 0 unspecified atom stereocenters. The third-order valence-corrected chi connectivity index (χ3v) is 5.28. The molecule has 11 nitrogen and oxygen atoms in total. The Kier molecular flexibility index (Phi) is 7.34. The number of hydrogen-bond acceptors (Lipinski definition) is 9. The van der Waals surface area contributed by atoms with Crippen molar-refractivity contribution in [1.82, 2.24) is 19.5 Å². The van der Waals surface area contributed by atoms with Gasteiger partial charge in [0.2, 0.25) is 11.7 Å². The molecule has 4 atom stereocenters. The number of hydrogen-bond donors (Lipinski definition) is 4. The van der Waals surface area contributed by atoms with Gasteiger partial charge in [-0.2, -0.15) is 4.98 Å². The van der Waals surface area contributed by atoms with Gasteiger partial charge in [0.05, 0.1) is 19.0 Å². The Morgan fingerprint density at radius 1 is 1.24 bits per heavy atom. The van der Waals surface area contributed by atoms with Crippen molar-refractivity contribution in [2.75, 3.05) is 12.1 Å². The van der Waals surface area contributed by atoms with E-state index >= 15 is 0 Å². The van der Waals surface area contributed by atoms with Crippen LogP contribution in [-0.4, -0.2) is 60.6 Å². The predicted molar refractivity (Wildman–Crippen MR) is 122 cm³/mol. The molecule has 0 spiro atoms. The summed E-state index contributed by atoms with van der Waals surface area (Å²) >= 11 is 0. The monoisotopic (exact) mass is 466 g/mol. The minimum absolute atomic E-state index is 0.0239. The van der Waals surface area contributed by atoms with E-state index in [1.54, 1.807) is 0 Å². The van der Waals surface area contributed by atoms with Gasteiger partial charge in [-0.15, -0.1) is 0 Å². The second kappa shape index (κ2) is 10.6. The van der Waals surface area contributed by atoms with Gasteiger partial charge in [0.1, 0.15) is 12.2 Å². The molecule has 0 aliphatic carbocycles. The fraction of sp³-hybridized carbons (Fsp3) is 0.391. The highest BCUT2D eigenvalue weighted by Crippen LogP contribution is 2.34. The van der Waals surface area contributed by atoms with Gasteiger partial charge in [0, 0.05) is 12.0 Å². The third-order valence-electron chi connectivity index (χ3n) is 5.28. The van der Waals surface area contributed by atoms with Crippen LogP contribution in [0.3, 0.4) is 0 Å². The molecule has 34 heavy (non-hydrogen) atoms. The molecule has 1 aliphatic rings. The number of anilines is 1. The molecule has 3 aromatic rings. The molecular weight excluding hydrogens is 440 g/mol. The lowest BCUT2D eigenvalue weighted by Crippen LogP contribution is -2.32. The molecule has 1 aliphatic heterocycles. The van der Waals surface area contributed by atoms with Gasteiger partial charge in [-0.05, 0) is 30.9 Å². The Morgan fingerprint density at radius 3 is 2.76 bits per heavy atom. The van der Waals surface area contributed by atoms with Crippen molar-refractivity contribution >= 4 is 22.9 Å². The van der Waals surface area contributed by atoms with E-state index in [-0.39, 0.29) is 18.7 Å². The van der Waals surface area contributed by atoms with Crippen LogP contribution in [0.2, 0.25) is 0 Å². The highest BCUT2D eigenvalue weighted by atomic mass is 16.6. The van der Waals surface area contributed by atoms with Gasteiger partial charge in [-0.3, -0.25) is 14.2 Å². The van der Waals surface area contributed by atoms with Crippen LogP contribution in [0.1, 0.15) is 43.8 Å². The van der Waals surface area contributed by atoms with Crippen molar-refractivity contribution in [3.8, 4) is 11.8 Å². The van der Waals surface area contributed by atoms with Crippen LogP contribution < -0.4 is 11.2 Å². The zero-order valence-corrected chi connectivity index (χ0v) is 18.6. The number of aliphatic hydroxyl groups is 2. The molecule has 1 amide bonds. The molecule has 0 bridgehead atoms. The Labute approximate surface area is 195 Å². The van der Waals surface area contributed by atoms with E-state index < -0.39 is 30.4 Å². The summed E-state index contributed by atoms with van der Waals surface area (Å²) < 4.78 is 7.37. The Hall–Kier alpha value is -3.56. The van der Waals surface area contributed by atoms with E-state index in [4.69, 9.17) is 15.3 Å². The fourth-order valence-electron chi connectivity index (χ4n) is 3.58. The average molecular weight is 466 g/mol. The molecule has 4 rings (SSSR count). The number of aliphatic hydroxyl groups excluding tert-OH is 2. The summed E-state index contributed by atoms with van der Waals surface area (Å²) in [5.74, 6) is 5.96. The second-order valence-electron chi connectivity index (χ2n) is 7.84. The zero-order chi connectivity index (χ0) is 24.1. The van der Waals surface area contributed by atoms with Crippen LogP contribution in [0, 0.1) is 11.8 Å². The van der Waals surface area contributed by atoms with E-state index in [0.717, 1.165) is 12.0 Å². The number of rotatable bonds is 8. The minimum Gasteiger partial charge on any atom is -0.388 e. The number of primary amides is 1. The molecule has 0 radical (unpaired) electrons. The number of carbonyl (C=O) groups is 1. The van der Waals surface area contributed by atoms with Crippen molar-refractivity contribution in [1.29, 1.82) is 0 Å². The van der Waals surface area contributed by atoms with E-state index in [1.807, 2.05) is 37.3 Å². The molecule has 11 heteroatoms. The number of fused-ring (bicyclic) bond motifs is 1. The van der Waals surface area contributed by atoms with E-state index in [2.05, 4.69) is 32.3 Å². The summed E-state index contributed by atoms with van der Waals surface area (Å²) in [6.07, 6.45) is -1.78. The standard InChI is InChI=1S/C23H26N6O5/c1-2-12-33-28-21-18-22(27-17(26-21)11-8-14-6-4-3-5-7-14)29(13-25-18)23-20(32)19(31)15(34-23)9-10-16(24)30/h3-7,13,15,19-20,23,31-32H,2,9-10,12H2,1H3,(H2,24,30)(H,26,27,28)/t15-,19-,20+,23+/m0/s1. The lowest BCUT2D eigenvalue weighted by Gasteiger charge is -2.16. The number of carbonyl (C=O) groups excluding carboxylic acids is 1.